The van der Waals surface area contributed by atoms with Crippen LogP contribution in [0.1, 0.15) is 59.4 Å². The van der Waals surface area contributed by atoms with E-state index >= 15 is 0 Å². The summed E-state index contributed by atoms with van der Waals surface area (Å²) in [4.78, 5) is 40.6. The summed E-state index contributed by atoms with van der Waals surface area (Å²) in [5.74, 6) is -1.25. The van der Waals surface area contributed by atoms with E-state index in [0.29, 0.717) is 22.7 Å². The Balaban J connectivity index is 2.52. The molecule has 186 valence electrons. The van der Waals surface area contributed by atoms with Crippen LogP contribution in [0, 0.1) is 5.41 Å². The van der Waals surface area contributed by atoms with Crippen molar-refractivity contribution < 1.29 is 28.6 Å². The maximum Gasteiger partial charge on any atom is 0.336 e. The van der Waals surface area contributed by atoms with Crippen molar-refractivity contribution >= 4 is 17.8 Å². The topological polar surface area (TPSA) is 108 Å². The third-order valence-corrected chi connectivity index (χ3v) is 5.78. The number of amides is 1. The standard InChI is InChI=1S/C26H36N2O6/c1-16-12-20(18-10-9-11-19(13-18)32-7)22(23(30)33-8)17(2)28(16)24(31)26(6,15-27)14-21(29)34-25(3,4)5/h9-13,20H,14-15,27H2,1-8H3. The minimum atomic E-state index is -1.23. The van der Waals surface area contributed by atoms with Gasteiger partial charge >= 0.3 is 11.9 Å². The predicted molar refractivity (Wildman–Crippen MR) is 129 cm³/mol. The van der Waals surface area contributed by atoms with Gasteiger partial charge in [0.1, 0.15) is 11.4 Å². The van der Waals surface area contributed by atoms with Crippen LogP contribution in [-0.2, 0) is 23.9 Å². The molecule has 1 amide bonds. The minimum absolute atomic E-state index is 0.0744. The van der Waals surface area contributed by atoms with Crippen LogP contribution in [0.2, 0.25) is 0 Å². The van der Waals surface area contributed by atoms with Crippen LogP contribution in [0.15, 0.2) is 47.3 Å². The van der Waals surface area contributed by atoms with Crippen LogP contribution in [0.5, 0.6) is 5.75 Å². The fourth-order valence-electron chi connectivity index (χ4n) is 4.01. The Morgan fingerprint density at radius 1 is 1.09 bits per heavy atom. The zero-order valence-electron chi connectivity index (χ0n) is 21.4. The molecule has 34 heavy (non-hydrogen) atoms. The van der Waals surface area contributed by atoms with Crippen molar-refractivity contribution in [2.24, 2.45) is 11.1 Å². The number of esters is 2. The maximum absolute atomic E-state index is 13.8. The molecule has 1 heterocycles. The minimum Gasteiger partial charge on any atom is -0.497 e. The van der Waals surface area contributed by atoms with Gasteiger partial charge in [-0.3, -0.25) is 14.5 Å². The van der Waals surface area contributed by atoms with Gasteiger partial charge in [0.2, 0.25) is 5.91 Å². The van der Waals surface area contributed by atoms with Crippen LogP contribution >= 0.6 is 0 Å². The Kier molecular flexibility index (Phi) is 8.31. The van der Waals surface area contributed by atoms with E-state index in [1.54, 1.807) is 48.7 Å². The number of hydrogen-bond donors (Lipinski definition) is 1. The van der Waals surface area contributed by atoms with E-state index < -0.39 is 34.8 Å². The lowest BCUT2D eigenvalue weighted by Gasteiger charge is -2.38. The van der Waals surface area contributed by atoms with E-state index in [9.17, 15) is 14.4 Å². The summed E-state index contributed by atoms with van der Waals surface area (Å²) >= 11 is 0. The maximum atomic E-state index is 13.8. The molecule has 2 atom stereocenters. The van der Waals surface area contributed by atoms with Crippen molar-refractivity contribution in [2.75, 3.05) is 20.8 Å². The molecule has 8 heteroatoms. The van der Waals surface area contributed by atoms with Crippen molar-refractivity contribution in [3.63, 3.8) is 0 Å². The van der Waals surface area contributed by atoms with Gasteiger partial charge < -0.3 is 19.9 Å². The molecule has 0 aromatic heterocycles. The van der Waals surface area contributed by atoms with E-state index in [0.717, 1.165) is 5.56 Å². The first-order chi connectivity index (χ1) is 15.8. The van der Waals surface area contributed by atoms with Crippen LogP contribution in [0.4, 0.5) is 0 Å². The summed E-state index contributed by atoms with van der Waals surface area (Å²) in [5, 5.41) is 0. The van der Waals surface area contributed by atoms with Crippen LogP contribution < -0.4 is 10.5 Å². The molecule has 0 aliphatic carbocycles. The number of allylic oxidation sites excluding steroid dienone is 3. The Morgan fingerprint density at radius 2 is 1.74 bits per heavy atom. The zero-order valence-corrected chi connectivity index (χ0v) is 21.4. The van der Waals surface area contributed by atoms with E-state index in [1.807, 2.05) is 30.3 Å². The molecule has 1 aromatic carbocycles. The van der Waals surface area contributed by atoms with Gasteiger partial charge in [0.25, 0.3) is 0 Å². The molecule has 0 spiro atoms. The summed E-state index contributed by atoms with van der Waals surface area (Å²) < 4.78 is 15.8. The molecule has 0 fully saturated rings. The van der Waals surface area contributed by atoms with Crippen molar-refractivity contribution in [3.8, 4) is 5.75 Å². The molecule has 0 bridgehead atoms. The lowest BCUT2D eigenvalue weighted by molar-refractivity contribution is -0.160. The van der Waals surface area contributed by atoms with Crippen LogP contribution in [0.3, 0.4) is 0 Å². The van der Waals surface area contributed by atoms with Crippen molar-refractivity contribution in [2.45, 2.75) is 59.5 Å². The van der Waals surface area contributed by atoms with Crippen LogP contribution in [-0.4, -0.2) is 49.1 Å². The SMILES string of the molecule is COC(=O)C1=C(C)N(C(=O)C(C)(CN)CC(=O)OC(C)(C)C)C(C)=CC1c1cccc(OC)c1. The molecule has 0 saturated heterocycles. The molecule has 1 aliphatic heterocycles. The molecule has 2 N–H and O–H groups in total. The fourth-order valence-corrected chi connectivity index (χ4v) is 4.01. The molecule has 0 radical (unpaired) electrons. The van der Waals surface area contributed by atoms with Crippen molar-refractivity contribution in [3.05, 3.63) is 52.9 Å². The summed E-state index contributed by atoms with van der Waals surface area (Å²) in [6, 6.07) is 7.38. The highest BCUT2D eigenvalue weighted by atomic mass is 16.6. The third kappa shape index (κ3) is 5.86. The first-order valence-electron chi connectivity index (χ1n) is 11.2. The van der Waals surface area contributed by atoms with Gasteiger partial charge in [-0.05, 0) is 59.2 Å². The van der Waals surface area contributed by atoms with Gasteiger partial charge in [0.05, 0.1) is 31.6 Å². The average molecular weight is 473 g/mol. The molecule has 1 aliphatic rings. The van der Waals surface area contributed by atoms with E-state index in [2.05, 4.69) is 0 Å². The largest absolute Gasteiger partial charge is 0.497 e. The second kappa shape index (κ2) is 10.4. The van der Waals surface area contributed by atoms with Crippen molar-refractivity contribution in [1.29, 1.82) is 0 Å². The number of rotatable bonds is 7. The molecular formula is C26H36N2O6. The molecule has 2 unspecified atom stereocenters. The number of benzene rings is 1. The second-order valence-corrected chi connectivity index (χ2v) is 9.72. The normalized spacial score (nSPS) is 18.1. The highest BCUT2D eigenvalue weighted by Gasteiger charge is 2.43. The summed E-state index contributed by atoms with van der Waals surface area (Å²) in [6.07, 6.45) is 1.64. The average Bonchev–Trinajstić information content (AvgIpc) is 2.76. The second-order valence-electron chi connectivity index (χ2n) is 9.72. The summed E-state index contributed by atoms with van der Waals surface area (Å²) in [5.41, 5.74) is 6.26. The quantitative estimate of drug-likeness (QED) is 0.603. The van der Waals surface area contributed by atoms with Gasteiger partial charge in [0, 0.05) is 23.9 Å². The highest BCUT2D eigenvalue weighted by molar-refractivity contribution is 5.96. The number of nitrogens with zero attached hydrogens (tertiary/aromatic N) is 1. The Bertz CT molecular complexity index is 1020. The first-order valence-corrected chi connectivity index (χ1v) is 11.2. The number of nitrogens with two attached hydrogens (primary N) is 1. The lowest BCUT2D eigenvalue weighted by atomic mass is 9.82. The smallest absolute Gasteiger partial charge is 0.336 e. The Morgan fingerprint density at radius 3 is 2.26 bits per heavy atom. The van der Waals surface area contributed by atoms with E-state index in [1.165, 1.54) is 12.0 Å². The van der Waals surface area contributed by atoms with Gasteiger partial charge in [-0.1, -0.05) is 18.2 Å². The highest BCUT2D eigenvalue weighted by Crippen LogP contribution is 2.40. The summed E-state index contributed by atoms with van der Waals surface area (Å²) in [6.45, 7) is 10.3. The van der Waals surface area contributed by atoms with Crippen molar-refractivity contribution in [1.82, 2.24) is 4.90 Å². The first kappa shape index (κ1) is 27.1. The third-order valence-electron chi connectivity index (χ3n) is 5.78. The fraction of sp³-hybridized carbons (Fsp3) is 0.500. The number of methoxy groups -OCH3 is 2. The van der Waals surface area contributed by atoms with Crippen LogP contribution in [0.25, 0.3) is 0 Å². The monoisotopic (exact) mass is 472 g/mol. The van der Waals surface area contributed by atoms with Gasteiger partial charge in [0.15, 0.2) is 0 Å². The van der Waals surface area contributed by atoms with E-state index in [4.69, 9.17) is 19.9 Å². The molecule has 1 aromatic rings. The molecular weight excluding hydrogens is 436 g/mol. The van der Waals surface area contributed by atoms with Gasteiger partial charge in [-0.15, -0.1) is 0 Å². The molecule has 0 saturated carbocycles. The lowest BCUT2D eigenvalue weighted by Crippen LogP contribution is -2.48. The van der Waals surface area contributed by atoms with Gasteiger partial charge in [-0.2, -0.15) is 0 Å². The Labute approximate surface area is 201 Å². The summed E-state index contributed by atoms with van der Waals surface area (Å²) in [7, 11) is 2.87. The Hall–Kier alpha value is -3.13. The number of carbonyl (C=O) groups excluding carboxylic acids is 3. The predicted octanol–water partition coefficient (Wildman–Crippen LogP) is 3.67. The zero-order chi connectivity index (χ0) is 25.8. The number of carbonyl (C=O) groups is 3. The number of ether oxygens (including phenoxy) is 3. The van der Waals surface area contributed by atoms with E-state index in [-0.39, 0.29) is 13.0 Å². The molecule has 8 nitrogen and oxygen atoms in total. The number of hydrogen-bond acceptors (Lipinski definition) is 7. The molecule has 2 rings (SSSR count). The van der Waals surface area contributed by atoms with Gasteiger partial charge in [-0.25, -0.2) is 4.79 Å².